The van der Waals surface area contributed by atoms with E-state index in [1.807, 2.05) is 37.3 Å². The van der Waals surface area contributed by atoms with Crippen molar-refractivity contribution in [3.63, 3.8) is 0 Å². The van der Waals surface area contributed by atoms with Gasteiger partial charge in [-0.25, -0.2) is 0 Å². The standard InChI is InChI=1S/C23H29NO4/c1-3-22(28-21-12-11-17-7-4-5-8-18(17)15-21)23(25)24-13-14-27-20-10-6-9-19(16-20)26-2/h6,9-12,15-16,22H,3-5,7-8,13-14H2,1-2H3,(H,24,25). The van der Waals surface area contributed by atoms with Gasteiger partial charge >= 0.3 is 0 Å². The largest absolute Gasteiger partial charge is 0.497 e. The van der Waals surface area contributed by atoms with E-state index < -0.39 is 6.10 Å². The van der Waals surface area contributed by atoms with Crippen LogP contribution in [-0.4, -0.2) is 32.3 Å². The highest BCUT2D eigenvalue weighted by molar-refractivity contribution is 5.81. The van der Waals surface area contributed by atoms with Gasteiger partial charge < -0.3 is 19.5 Å². The molecule has 1 amide bonds. The van der Waals surface area contributed by atoms with Crippen molar-refractivity contribution in [2.45, 2.75) is 45.1 Å². The Bertz CT molecular complexity index is 790. The van der Waals surface area contributed by atoms with E-state index in [2.05, 4.69) is 17.4 Å². The zero-order valence-electron chi connectivity index (χ0n) is 16.7. The van der Waals surface area contributed by atoms with Gasteiger partial charge in [0.1, 0.15) is 23.9 Å². The molecule has 0 bridgehead atoms. The Hall–Kier alpha value is -2.69. The van der Waals surface area contributed by atoms with Gasteiger partial charge in [-0.15, -0.1) is 0 Å². The van der Waals surface area contributed by atoms with Crippen LogP contribution in [0.15, 0.2) is 42.5 Å². The number of carbonyl (C=O) groups is 1. The summed E-state index contributed by atoms with van der Waals surface area (Å²) in [6, 6.07) is 13.6. The summed E-state index contributed by atoms with van der Waals surface area (Å²) in [5.41, 5.74) is 2.76. The van der Waals surface area contributed by atoms with E-state index in [0.29, 0.717) is 25.3 Å². The summed E-state index contributed by atoms with van der Waals surface area (Å²) >= 11 is 0. The SMILES string of the molecule is CCC(Oc1ccc2c(c1)CCCC2)C(=O)NCCOc1cccc(OC)c1. The first-order chi connectivity index (χ1) is 13.7. The topological polar surface area (TPSA) is 56.8 Å². The first-order valence-electron chi connectivity index (χ1n) is 10.0. The van der Waals surface area contributed by atoms with E-state index in [-0.39, 0.29) is 5.91 Å². The highest BCUT2D eigenvalue weighted by Crippen LogP contribution is 2.26. The minimum absolute atomic E-state index is 0.116. The van der Waals surface area contributed by atoms with Crippen LogP contribution in [0.1, 0.15) is 37.3 Å². The predicted octanol–water partition coefficient (Wildman–Crippen LogP) is 3.93. The van der Waals surface area contributed by atoms with Crippen molar-refractivity contribution in [1.29, 1.82) is 0 Å². The lowest BCUT2D eigenvalue weighted by Crippen LogP contribution is -2.39. The number of aryl methyl sites for hydroxylation is 2. The van der Waals surface area contributed by atoms with Crippen LogP contribution < -0.4 is 19.5 Å². The van der Waals surface area contributed by atoms with Crippen molar-refractivity contribution in [2.75, 3.05) is 20.3 Å². The van der Waals surface area contributed by atoms with Crippen LogP contribution in [0, 0.1) is 0 Å². The molecule has 150 valence electrons. The molecular weight excluding hydrogens is 354 g/mol. The molecule has 0 saturated carbocycles. The number of amides is 1. The van der Waals surface area contributed by atoms with Crippen LogP contribution in [0.2, 0.25) is 0 Å². The molecule has 0 heterocycles. The number of carbonyl (C=O) groups excluding carboxylic acids is 1. The predicted molar refractivity (Wildman–Crippen MR) is 109 cm³/mol. The van der Waals surface area contributed by atoms with Crippen molar-refractivity contribution in [3.8, 4) is 17.2 Å². The number of hydrogen-bond acceptors (Lipinski definition) is 4. The molecule has 2 aromatic rings. The second-order valence-electron chi connectivity index (χ2n) is 6.97. The van der Waals surface area contributed by atoms with Gasteiger partial charge in [-0.2, -0.15) is 0 Å². The Morgan fingerprint density at radius 2 is 1.82 bits per heavy atom. The first kappa shape index (κ1) is 20.1. The molecule has 0 saturated heterocycles. The third-order valence-electron chi connectivity index (χ3n) is 4.97. The van der Waals surface area contributed by atoms with Crippen LogP contribution in [-0.2, 0) is 17.6 Å². The Morgan fingerprint density at radius 1 is 1.04 bits per heavy atom. The molecule has 5 nitrogen and oxygen atoms in total. The molecule has 1 aliphatic carbocycles. The average Bonchev–Trinajstić information content (AvgIpc) is 2.75. The molecule has 5 heteroatoms. The summed E-state index contributed by atoms with van der Waals surface area (Å²) < 4.78 is 16.8. The molecule has 1 N–H and O–H groups in total. The summed E-state index contributed by atoms with van der Waals surface area (Å²) in [5, 5.41) is 2.89. The molecule has 0 radical (unpaired) electrons. The minimum atomic E-state index is -0.501. The maximum absolute atomic E-state index is 12.5. The molecular formula is C23H29NO4. The maximum Gasteiger partial charge on any atom is 0.261 e. The van der Waals surface area contributed by atoms with Gasteiger partial charge in [-0.1, -0.05) is 19.1 Å². The molecule has 28 heavy (non-hydrogen) atoms. The number of ether oxygens (including phenoxy) is 3. The van der Waals surface area contributed by atoms with Gasteiger partial charge in [-0.3, -0.25) is 4.79 Å². The smallest absolute Gasteiger partial charge is 0.261 e. The van der Waals surface area contributed by atoms with Gasteiger partial charge in [0.05, 0.1) is 13.7 Å². The molecule has 0 spiro atoms. The lowest BCUT2D eigenvalue weighted by atomic mass is 9.92. The molecule has 0 fully saturated rings. The van der Waals surface area contributed by atoms with Gasteiger partial charge in [0.15, 0.2) is 6.10 Å². The van der Waals surface area contributed by atoms with Crippen LogP contribution in [0.4, 0.5) is 0 Å². The number of nitrogens with one attached hydrogen (secondary N) is 1. The molecule has 1 aliphatic rings. The van der Waals surface area contributed by atoms with Crippen molar-refractivity contribution in [3.05, 3.63) is 53.6 Å². The zero-order valence-corrected chi connectivity index (χ0v) is 16.7. The monoisotopic (exact) mass is 383 g/mol. The molecule has 0 aromatic heterocycles. The minimum Gasteiger partial charge on any atom is -0.497 e. The van der Waals surface area contributed by atoms with E-state index in [4.69, 9.17) is 14.2 Å². The maximum atomic E-state index is 12.5. The number of benzene rings is 2. The van der Waals surface area contributed by atoms with Crippen LogP contribution >= 0.6 is 0 Å². The Kier molecular flexibility index (Phi) is 7.18. The molecule has 0 aliphatic heterocycles. The van der Waals surface area contributed by atoms with E-state index in [1.54, 1.807) is 7.11 Å². The van der Waals surface area contributed by atoms with Gasteiger partial charge in [-0.05, 0) is 67.5 Å². The van der Waals surface area contributed by atoms with Crippen LogP contribution in [0.25, 0.3) is 0 Å². The fraction of sp³-hybridized carbons (Fsp3) is 0.435. The molecule has 2 aromatic carbocycles. The number of hydrogen-bond donors (Lipinski definition) is 1. The first-order valence-corrected chi connectivity index (χ1v) is 10.0. The Labute approximate surface area is 167 Å². The lowest BCUT2D eigenvalue weighted by molar-refractivity contribution is -0.128. The zero-order chi connectivity index (χ0) is 19.8. The Morgan fingerprint density at radius 3 is 2.61 bits per heavy atom. The summed E-state index contributed by atoms with van der Waals surface area (Å²) in [4.78, 5) is 12.5. The summed E-state index contributed by atoms with van der Waals surface area (Å²) in [6.07, 6.45) is 4.82. The third-order valence-corrected chi connectivity index (χ3v) is 4.97. The van der Waals surface area contributed by atoms with Crippen molar-refractivity contribution < 1.29 is 19.0 Å². The number of rotatable bonds is 9. The van der Waals surface area contributed by atoms with Gasteiger partial charge in [0.2, 0.25) is 0 Å². The van der Waals surface area contributed by atoms with Gasteiger partial charge in [0.25, 0.3) is 5.91 Å². The van der Waals surface area contributed by atoms with E-state index in [1.165, 1.54) is 24.0 Å². The highest BCUT2D eigenvalue weighted by atomic mass is 16.5. The molecule has 3 rings (SSSR count). The van der Waals surface area contributed by atoms with Crippen LogP contribution in [0.5, 0.6) is 17.2 Å². The lowest BCUT2D eigenvalue weighted by Gasteiger charge is -2.20. The second-order valence-corrected chi connectivity index (χ2v) is 6.97. The Balaban J connectivity index is 1.47. The summed E-state index contributed by atoms with van der Waals surface area (Å²) in [6.45, 7) is 2.75. The van der Waals surface area contributed by atoms with E-state index in [9.17, 15) is 4.79 Å². The number of fused-ring (bicyclic) bond motifs is 1. The van der Waals surface area contributed by atoms with Crippen molar-refractivity contribution in [2.24, 2.45) is 0 Å². The molecule has 1 atom stereocenters. The van der Waals surface area contributed by atoms with Crippen molar-refractivity contribution in [1.82, 2.24) is 5.32 Å². The summed E-state index contributed by atoms with van der Waals surface area (Å²) in [5.74, 6) is 2.11. The van der Waals surface area contributed by atoms with Crippen LogP contribution in [0.3, 0.4) is 0 Å². The average molecular weight is 383 g/mol. The van der Waals surface area contributed by atoms with E-state index in [0.717, 1.165) is 24.3 Å². The second kappa shape index (κ2) is 10.0. The van der Waals surface area contributed by atoms with Crippen molar-refractivity contribution >= 4 is 5.91 Å². The van der Waals surface area contributed by atoms with Gasteiger partial charge in [0, 0.05) is 6.07 Å². The third kappa shape index (κ3) is 5.41. The quantitative estimate of drug-likeness (QED) is 0.667. The number of methoxy groups -OCH3 is 1. The normalized spacial score (nSPS) is 13.9. The van der Waals surface area contributed by atoms with E-state index >= 15 is 0 Å². The molecule has 1 unspecified atom stereocenters. The summed E-state index contributed by atoms with van der Waals surface area (Å²) in [7, 11) is 1.62. The highest BCUT2D eigenvalue weighted by Gasteiger charge is 2.19. The fourth-order valence-corrected chi connectivity index (χ4v) is 3.42. The fourth-order valence-electron chi connectivity index (χ4n) is 3.42.